The molecule has 1 amide bonds. The zero-order valence-corrected chi connectivity index (χ0v) is 14.4. The number of benzene rings is 2. The number of hydrogen-bond donors (Lipinski definition) is 1. The van der Waals surface area contributed by atoms with Crippen LogP contribution >= 0.6 is 11.3 Å². The fourth-order valence-corrected chi connectivity index (χ4v) is 3.95. The first-order valence-corrected chi connectivity index (χ1v) is 9.15. The molecule has 1 N–H and O–H groups in total. The number of hydrogen-bond acceptors (Lipinski definition) is 3. The lowest BCUT2D eigenvalue weighted by atomic mass is 9.77. The number of ketones is 1. The van der Waals surface area contributed by atoms with Gasteiger partial charge in [0.25, 0.3) is 5.91 Å². The third-order valence-corrected chi connectivity index (χ3v) is 5.50. The van der Waals surface area contributed by atoms with Crippen molar-refractivity contribution in [3.8, 4) is 0 Å². The van der Waals surface area contributed by atoms with Crippen molar-refractivity contribution < 1.29 is 9.59 Å². The van der Waals surface area contributed by atoms with Gasteiger partial charge in [0, 0.05) is 18.0 Å². The normalized spacial score (nSPS) is 15.1. The standard InChI is InChI=1S/C21H17NO2S/c23-20(19-10-5-11-25-19)17-8-3-4-9-18(17)21(24)22-13-15-12-14-6-1-2-7-16(14)15/h1-11,15H,12-13H2,(H,22,24)/t15-/m0/s1. The summed E-state index contributed by atoms with van der Waals surface area (Å²) in [6, 6.07) is 19.0. The van der Waals surface area contributed by atoms with E-state index >= 15 is 0 Å². The van der Waals surface area contributed by atoms with Crippen LogP contribution in [0.25, 0.3) is 0 Å². The Labute approximate surface area is 150 Å². The van der Waals surface area contributed by atoms with Crippen molar-refractivity contribution in [1.29, 1.82) is 0 Å². The first-order chi connectivity index (χ1) is 12.2. The molecule has 124 valence electrons. The smallest absolute Gasteiger partial charge is 0.252 e. The van der Waals surface area contributed by atoms with E-state index in [-0.39, 0.29) is 11.7 Å². The van der Waals surface area contributed by atoms with E-state index in [0.29, 0.717) is 28.5 Å². The molecular formula is C21H17NO2S. The van der Waals surface area contributed by atoms with Gasteiger partial charge in [0.1, 0.15) is 0 Å². The first kappa shape index (κ1) is 15.8. The number of amides is 1. The molecule has 25 heavy (non-hydrogen) atoms. The van der Waals surface area contributed by atoms with Gasteiger partial charge in [-0.3, -0.25) is 9.59 Å². The van der Waals surface area contributed by atoms with Crippen LogP contribution in [-0.2, 0) is 6.42 Å². The molecule has 0 fully saturated rings. The second-order valence-electron chi connectivity index (χ2n) is 6.16. The van der Waals surface area contributed by atoms with Crippen LogP contribution in [-0.4, -0.2) is 18.2 Å². The van der Waals surface area contributed by atoms with Crippen LogP contribution in [0, 0.1) is 0 Å². The zero-order valence-electron chi connectivity index (χ0n) is 13.6. The quantitative estimate of drug-likeness (QED) is 0.708. The van der Waals surface area contributed by atoms with Crippen LogP contribution in [0.1, 0.15) is 42.6 Å². The molecule has 3 nitrogen and oxygen atoms in total. The van der Waals surface area contributed by atoms with Crippen molar-refractivity contribution >= 4 is 23.0 Å². The van der Waals surface area contributed by atoms with Gasteiger partial charge in [0.15, 0.2) is 0 Å². The van der Waals surface area contributed by atoms with Gasteiger partial charge in [-0.05, 0) is 35.1 Å². The Morgan fingerprint density at radius 3 is 2.48 bits per heavy atom. The van der Waals surface area contributed by atoms with Crippen molar-refractivity contribution in [3.05, 3.63) is 93.2 Å². The Kier molecular flexibility index (Phi) is 4.20. The van der Waals surface area contributed by atoms with Gasteiger partial charge in [-0.2, -0.15) is 0 Å². The largest absolute Gasteiger partial charge is 0.351 e. The first-order valence-electron chi connectivity index (χ1n) is 8.27. The maximum absolute atomic E-state index is 12.6. The Hall–Kier alpha value is -2.72. The van der Waals surface area contributed by atoms with E-state index in [1.807, 2.05) is 23.6 Å². The summed E-state index contributed by atoms with van der Waals surface area (Å²) < 4.78 is 0. The molecule has 0 saturated carbocycles. The number of carbonyl (C=O) groups excluding carboxylic acids is 2. The van der Waals surface area contributed by atoms with Gasteiger partial charge in [-0.15, -0.1) is 11.3 Å². The van der Waals surface area contributed by atoms with Gasteiger partial charge >= 0.3 is 0 Å². The predicted molar refractivity (Wildman–Crippen MR) is 99.4 cm³/mol. The average Bonchev–Trinajstić information content (AvgIpc) is 3.16. The number of thiophene rings is 1. The summed E-state index contributed by atoms with van der Waals surface area (Å²) in [7, 11) is 0. The Morgan fingerprint density at radius 2 is 1.72 bits per heavy atom. The summed E-state index contributed by atoms with van der Waals surface area (Å²) in [6.45, 7) is 0.595. The maximum Gasteiger partial charge on any atom is 0.252 e. The van der Waals surface area contributed by atoms with Crippen LogP contribution in [0.15, 0.2) is 66.0 Å². The molecule has 0 spiro atoms. The molecule has 3 aromatic rings. The topological polar surface area (TPSA) is 46.2 Å². The summed E-state index contributed by atoms with van der Waals surface area (Å²) in [5.74, 6) is 0.0694. The minimum atomic E-state index is -0.190. The van der Waals surface area contributed by atoms with E-state index in [4.69, 9.17) is 0 Å². The molecule has 4 heteroatoms. The lowest BCUT2D eigenvalue weighted by Crippen LogP contribution is -2.33. The van der Waals surface area contributed by atoms with Gasteiger partial charge in [0.2, 0.25) is 5.78 Å². The van der Waals surface area contributed by atoms with Crippen molar-refractivity contribution in [2.45, 2.75) is 12.3 Å². The van der Waals surface area contributed by atoms with E-state index in [9.17, 15) is 9.59 Å². The number of fused-ring (bicyclic) bond motifs is 1. The average molecular weight is 347 g/mol. The lowest BCUT2D eigenvalue weighted by Gasteiger charge is -2.30. The highest BCUT2D eigenvalue weighted by atomic mass is 32.1. The molecule has 0 radical (unpaired) electrons. The van der Waals surface area contributed by atoms with Crippen LogP contribution in [0.3, 0.4) is 0 Å². The Morgan fingerprint density at radius 1 is 0.960 bits per heavy atom. The van der Waals surface area contributed by atoms with Gasteiger partial charge in [-0.1, -0.05) is 48.5 Å². The molecule has 1 aliphatic carbocycles. The summed E-state index contributed by atoms with van der Waals surface area (Å²) >= 11 is 1.39. The van der Waals surface area contributed by atoms with E-state index in [1.54, 1.807) is 30.3 Å². The monoisotopic (exact) mass is 347 g/mol. The minimum absolute atomic E-state index is 0.102. The molecular weight excluding hydrogens is 330 g/mol. The minimum Gasteiger partial charge on any atom is -0.351 e. The van der Waals surface area contributed by atoms with E-state index in [0.717, 1.165) is 6.42 Å². The van der Waals surface area contributed by atoms with Crippen LogP contribution in [0.2, 0.25) is 0 Å². The SMILES string of the molecule is O=C(NC[C@@H]1Cc2ccccc21)c1ccccc1C(=O)c1cccs1. The molecule has 4 rings (SSSR count). The Bertz CT molecular complexity index is 931. The molecule has 0 unspecified atom stereocenters. The maximum atomic E-state index is 12.6. The van der Waals surface area contributed by atoms with Crippen molar-refractivity contribution in [3.63, 3.8) is 0 Å². The molecule has 1 aromatic heterocycles. The summed E-state index contributed by atoms with van der Waals surface area (Å²) in [6.07, 6.45) is 0.992. The molecule has 0 bridgehead atoms. The van der Waals surface area contributed by atoms with Crippen LogP contribution in [0.4, 0.5) is 0 Å². The van der Waals surface area contributed by atoms with Crippen molar-refractivity contribution in [2.75, 3.05) is 6.54 Å². The van der Waals surface area contributed by atoms with E-state index in [2.05, 4.69) is 17.4 Å². The third-order valence-electron chi connectivity index (χ3n) is 4.63. The number of carbonyl (C=O) groups is 2. The van der Waals surface area contributed by atoms with Crippen molar-refractivity contribution in [2.24, 2.45) is 0 Å². The fraction of sp³-hybridized carbons (Fsp3) is 0.143. The van der Waals surface area contributed by atoms with E-state index < -0.39 is 0 Å². The highest BCUT2D eigenvalue weighted by Crippen LogP contribution is 2.34. The zero-order chi connectivity index (χ0) is 17.2. The number of rotatable bonds is 5. The Balaban J connectivity index is 1.49. The molecule has 0 aliphatic heterocycles. The van der Waals surface area contributed by atoms with E-state index in [1.165, 1.54) is 22.5 Å². The molecule has 1 heterocycles. The fourth-order valence-electron chi connectivity index (χ4n) is 3.28. The summed E-state index contributed by atoms with van der Waals surface area (Å²) in [5.41, 5.74) is 3.56. The van der Waals surface area contributed by atoms with Gasteiger partial charge in [-0.25, -0.2) is 0 Å². The van der Waals surface area contributed by atoms with Gasteiger partial charge in [0.05, 0.1) is 10.4 Å². The third kappa shape index (κ3) is 3.01. The van der Waals surface area contributed by atoms with Crippen molar-refractivity contribution in [1.82, 2.24) is 5.32 Å². The predicted octanol–water partition coefficient (Wildman–Crippen LogP) is 4.05. The second kappa shape index (κ2) is 6.65. The molecule has 1 atom stereocenters. The molecule has 2 aromatic carbocycles. The lowest BCUT2D eigenvalue weighted by molar-refractivity contribution is 0.0939. The molecule has 1 aliphatic rings. The van der Waals surface area contributed by atoms with Crippen LogP contribution in [0.5, 0.6) is 0 Å². The van der Waals surface area contributed by atoms with Crippen LogP contribution < -0.4 is 5.32 Å². The summed E-state index contributed by atoms with van der Waals surface area (Å²) in [5, 5.41) is 4.86. The second-order valence-corrected chi connectivity index (χ2v) is 7.11. The highest BCUT2D eigenvalue weighted by Gasteiger charge is 2.26. The molecule has 0 saturated heterocycles. The number of nitrogens with one attached hydrogen (secondary N) is 1. The van der Waals surface area contributed by atoms with Gasteiger partial charge < -0.3 is 5.32 Å². The summed E-state index contributed by atoms with van der Waals surface area (Å²) in [4.78, 5) is 25.9. The highest BCUT2D eigenvalue weighted by molar-refractivity contribution is 7.12.